The molecule has 2 aromatic rings. The quantitative estimate of drug-likeness (QED) is 0.866. The molecule has 0 heterocycles. The van der Waals surface area contributed by atoms with Crippen molar-refractivity contribution in [3.05, 3.63) is 70.8 Å². The number of rotatable bonds is 3. The highest BCUT2D eigenvalue weighted by Crippen LogP contribution is 2.39. The molecule has 20 heavy (non-hydrogen) atoms. The van der Waals surface area contributed by atoms with Crippen molar-refractivity contribution in [2.45, 2.75) is 44.6 Å². The van der Waals surface area contributed by atoms with E-state index in [0.717, 1.165) is 16.7 Å². The Hall–Kier alpha value is -1.60. The molecule has 1 atom stereocenters. The molecule has 0 saturated heterocycles. The lowest BCUT2D eigenvalue weighted by molar-refractivity contribution is 0.101. The Morgan fingerprint density at radius 2 is 1.80 bits per heavy atom. The smallest absolute Gasteiger partial charge is 0.112 e. The Labute approximate surface area is 121 Å². The van der Waals surface area contributed by atoms with Gasteiger partial charge >= 0.3 is 0 Å². The molecule has 1 heteroatoms. The van der Waals surface area contributed by atoms with Gasteiger partial charge in [0.15, 0.2) is 0 Å². The maximum atomic E-state index is 11.0. The van der Waals surface area contributed by atoms with Crippen molar-refractivity contribution in [2.24, 2.45) is 0 Å². The van der Waals surface area contributed by atoms with Crippen LogP contribution in [0.5, 0.6) is 0 Å². The van der Waals surface area contributed by atoms with Crippen LogP contribution in [0, 0.1) is 6.92 Å². The molecule has 0 bridgehead atoms. The standard InChI is InChI=1S/C19H22O/c1-14-7-3-4-12-18(14)19(2,20)17-11-6-10-16(13-17)15-8-5-9-15/h3-4,6-7,10-13,15,20H,5,8-9H2,1-2H3. The van der Waals surface area contributed by atoms with Crippen LogP contribution in [0.15, 0.2) is 48.5 Å². The van der Waals surface area contributed by atoms with Gasteiger partial charge in [-0.1, -0.05) is 55.0 Å². The molecular formula is C19H22O. The van der Waals surface area contributed by atoms with Gasteiger partial charge in [-0.25, -0.2) is 0 Å². The van der Waals surface area contributed by atoms with E-state index in [-0.39, 0.29) is 0 Å². The fraction of sp³-hybridized carbons (Fsp3) is 0.368. The van der Waals surface area contributed by atoms with Gasteiger partial charge in [-0.15, -0.1) is 0 Å². The molecule has 0 spiro atoms. The summed E-state index contributed by atoms with van der Waals surface area (Å²) in [4.78, 5) is 0. The monoisotopic (exact) mass is 266 g/mol. The molecule has 0 radical (unpaired) electrons. The molecule has 1 nitrogen and oxygen atoms in total. The summed E-state index contributed by atoms with van der Waals surface area (Å²) in [7, 11) is 0. The lowest BCUT2D eigenvalue weighted by atomic mass is 9.77. The zero-order valence-corrected chi connectivity index (χ0v) is 12.3. The van der Waals surface area contributed by atoms with Crippen LogP contribution in [0.25, 0.3) is 0 Å². The molecule has 1 saturated carbocycles. The minimum Gasteiger partial charge on any atom is -0.381 e. The van der Waals surface area contributed by atoms with Crippen molar-refractivity contribution in [3.8, 4) is 0 Å². The Bertz CT molecular complexity index is 609. The van der Waals surface area contributed by atoms with Gasteiger partial charge in [-0.2, -0.15) is 0 Å². The predicted octanol–water partition coefficient (Wildman–Crippen LogP) is 4.52. The summed E-state index contributed by atoms with van der Waals surface area (Å²) < 4.78 is 0. The van der Waals surface area contributed by atoms with Gasteiger partial charge in [-0.3, -0.25) is 0 Å². The number of hydrogen-bond donors (Lipinski definition) is 1. The molecule has 0 aliphatic heterocycles. The summed E-state index contributed by atoms with van der Waals surface area (Å²) >= 11 is 0. The molecule has 1 unspecified atom stereocenters. The van der Waals surface area contributed by atoms with Crippen LogP contribution in [0.2, 0.25) is 0 Å². The van der Waals surface area contributed by atoms with Gasteiger partial charge in [0.05, 0.1) is 0 Å². The second kappa shape index (κ2) is 5.06. The third-order valence-electron chi connectivity index (χ3n) is 4.69. The fourth-order valence-corrected chi connectivity index (χ4v) is 3.11. The van der Waals surface area contributed by atoms with Crippen molar-refractivity contribution in [1.82, 2.24) is 0 Å². The van der Waals surface area contributed by atoms with E-state index in [1.807, 2.05) is 31.2 Å². The lowest BCUT2D eigenvalue weighted by Gasteiger charge is -2.30. The van der Waals surface area contributed by atoms with Gasteiger partial charge in [0.1, 0.15) is 5.60 Å². The Morgan fingerprint density at radius 1 is 1.05 bits per heavy atom. The van der Waals surface area contributed by atoms with E-state index >= 15 is 0 Å². The minimum atomic E-state index is -0.925. The highest BCUT2D eigenvalue weighted by atomic mass is 16.3. The number of benzene rings is 2. The Morgan fingerprint density at radius 3 is 2.45 bits per heavy atom. The maximum absolute atomic E-state index is 11.0. The number of aryl methyl sites for hydroxylation is 1. The molecule has 1 N–H and O–H groups in total. The second-order valence-electron chi connectivity index (χ2n) is 6.14. The van der Waals surface area contributed by atoms with Crippen molar-refractivity contribution in [1.29, 1.82) is 0 Å². The third kappa shape index (κ3) is 2.27. The molecule has 3 rings (SSSR count). The summed E-state index contributed by atoms with van der Waals surface area (Å²) in [6.07, 6.45) is 3.91. The normalized spacial score (nSPS) is 18.4. The summed E-state index contributed by atoms with van der Waals surface area (Å²) in [5.74, 6) is 0.697. The topological polar surface area (TPSA) is 20.2 Å². The Balaban J connectivity index is 2.00. The van der Waals surface area contributed by atoms with Crippen molar-refractivity contribution < 1.29 is 5.11 Å². The first-order chi connectivity index (χ1) is 9.59. The second-order valence-corrected chi connectivity index (χ2v) is 6.14. The fourth-order valence-electron chi connectivity index (χ4n) is 3.11. The number of hydrogen-bond acceptors (Lipinski definition) is 1. The Kier molecular flexibility index (Phi) is 3.39. The lowest BCUT2D eigenvalue weighted by Crippen LogP contribution is -2.24. The van der Waals surface area contributed by atoms with E-state index in [4.69, 9.17) is 0 Å². The van der Waals surface area contributed by atoms with Gasteiger partial charge < -0.3 is 5.11 Å². The van der Waals surface area contributed by atoms with Gasteiger partial charge in [0, 0.05) is 0 Å². The van der Waals surface area contributed by atoms with Crippen LogP contribution in [0.4, 0.5) is 0 Å². The van der Waals surface area contributed by atoms with Crippen LogP contribution in [-0.2, 0) is 5.60 Å². The zero-order valence-electron chi connectivity index (χ0n) is 12.3. The summed E-state index contributed by atoms with van der Waals surface area (Å²) in [6, 6.07) is 16.6. The first kappa shape index (κ1) is 13.4. The number of aliphatic hydroxyl groups is 1. The van der Waals surface area contributed by atoms with E-state index in [2.05, 4.69) is 31.2 Å². The van der Waals surface area contributed by atoms with Crippen LogP contribution < -0.4 is 0 Å². The van der Waals surface area contributed by atoms with Crippen LogP contribution in [-0.4, -0.2) is 5.11 Å². The SMILES string of the molecule is Cc1ccccc1C(C)(O)c1cccc(C2CCC2)c1. The third-order valence-corrected chi connectivity index (χ3v) is 4.69. The minimum absolute atomic E-state index is 0.697. The molecule has 104 valence electrons. The highest BCUT2D eigenvalue weighted by molar-refractivity contribution is 5.41. The average molecular weight is 266 g/mol. The van der Waals surface area contributed by atoms with Gasteiger partial charge in [0.25, 0.3) is 0 Å². The van der Waals surface area contributed by atoms with E-state index in [0.29, 0.717) is 5.92 Å². The first-order valence-corrected chi connectivity index (χ1v) is 7.48. The molecule has 0 amide bonds. The van der Waals surface area contributed by atoms with Crippen LogP contribution in [0.1, 0.15) is 54.4 Å². The summed E-state index contributed by atoms with van der Waals surface area (Å²) in [6.45, 7) is 3.95. The zero-order chi connectivity index (χ0) is 14.2. The first-order valence-electron chi connectivity index (χ1n) is 7.48. The van der Waals surface area contributed by atoms with Crippen LogP contribution >= 0.6 is 0 Å². The summed E-state index contributed by atoms with van der Waals surface area (Å²) in [5, 5.41) is 11.0. The molecule has 2 aromatic carbocycles. The molecule has 1 aliphatic rings. The molecule has 1 fully saturated rings. The van der Waals surface area contributed by atoms with E-state index < -0.39 is 5.60 Å². The van der Waals surface area contributed by atoms with Crippen molar-refractivity contribution >= 4 is 0 Å². The van der Waals surface area contributed by atoms with Gasteiger partial charge in [-0.05, 0) is 54.9 Å². The average Bonchev–Trinajstić information content (AvgIpc) is 2.37. The maximum Gasteiger partial charge on any atom is 0.112 e. The van der Waals surface area contributed by atoms with E-state index in [9.17, 15) is 5.11 Å². The largest absolute Gasteiger partial charge is 0.381 e. The van der Waals surface area contributed by atoms with Crippen LogP contribution in [0.3, 0.4) is 0 Å². The van der Waals surface area contributed by atoms with E-state index in [1.165, 1.54) is 24.8 Å². The van der Waals surface area contributed by atoms with E-state index in [1.54, 1.807) is 0 Å². The van der Waals surface area contributed by atoms with Gasteiger partial charge in [0.2, 0.25) is 0 Å². The summed E-state index contributed by atoms with van der Waals surface area (Å²) in [5.41, 5.74) is 3.57. The molecule has 0 aromatic heterocycles. The molecular weight excluding hydrogens is 244 g/mol. The predicted molar refractivity (Wildman–Crippen MR) is 82.9 cm³/mol. The van der Waals surface area contributed by atoms with Crippen molar-refractivity contribution in [3.63, 3.8) is 0 Å². The molecule has 1 aliphatic carbocycles. The highest BCUT2D eigenvalue weighted by Gasteiger charge is 2.28. The van der Waals surface area contributed by atoms with Crippen molar-refractivity contribution in [2.75, 3.05) is 0 Å².